The first-order valence-electron chi connectivity index (χ1n) is 3.86. The molecular formula is C8H6F3N3. The van der Waals surface area contributed by atoms with Crippen LogP contribution in [-0.2, 0) is 13.2 Å². The van der Waals surface area contributed by atoms with E-state index >= 15 is 0 Å². The van der Waals surface area contributed by atoms with Crippen molar-refractivity contribution in [3.05, 3.63) is 23.8 Å². The third-order valence-electron chi connectivity index (χ3n) is 1.95. The highest BCUT2D eigenvalue weighted by Gasteiger charge is 2.33. The van der Waals surface area contributed by atoms with Gasteiger partial charge in [0.1, 0.15) is 5.52 Å². The summed E-state index contributed by atoms with van der Waals surface area (Å²) in [5.74, 6) is 0. The first-order valence-corrected chi connectivity index (χ1v) is 3.86. The number of benzene rings is 1. The third kappa shape index (κ3) is 1.23. The number of halogens is 3. The number of alkyl halides is 3. The number of aryl methyl sites for hydroxylation is 1. The van der Waals surface area contributed by atoms with Crippen LogP contribution in [0.4, 0.5) is 13.2 Å². The summed E-state index contributed by atoms with van der Waals surface area (Å²) in [7, 11) is 1.55. The van der Waals surface area contributed by atoms with Crippen molar-refractivity contribution in [2.45, 2.75) is 6.18 Å². The van der Waals surface area contributed by atoms with E-state index in [2.05, 4.69) is 10.3 Å². The van der Waals surface area contributed by atoms with Gasteiger partial charge in [0, 0.05) is 7.05 Å². The highest BCUT2D eigenvalue weighted by atomic mass is 19.4. The summed E-state index contributed by atoms with van der Waals surface area (Å²) >= 11 is 0. The molecule has 0 spiro atoms. The molecule has 1 aromatic carbocycles. The average molecular weight is 201 g/mol. The van der Waals surface area contributed by atoms with Crippen molar-refractivity contribution in [2.24, 2.45) is 7.05 Å². The zero-order valence-corrected chi connectivity index (χ0v) is 7.21. The predicted molar refractivity (Wildman–Crippen MR) is 43.5 cm³/mol. The lowest BCUT2D eigenvalue weighted by molar-refractivity contribution is -0.136. The zero-order valence-electron chi connectivity index (χ0n) is 7.21. The summed E-state index contributed by atoms with van der Waals surface area (Å²) < 4.78 is 38.7. The minimum Gasteiger partial charge on any atom is -0.248 e. The largest absolute Gasteiger partial charge is 0.418 e. The van der Waals surface area contributed by atoms with E-state index in [-0.39, 0.29) is 5.52 Å². The Morgan fingerprint density at radius 3 is 2.64 bits per heavy atom. The molecule has 2 aromatic rings. The number of hydrogen-bond donors (Lipinski definition) is 0. The molecule has 74 valence electrons. The van der Waals surface area contributed by atoms with Crippen LogP contribution in [0.25, 0.3) is 11.0 Å². The molecule has 6 heteroatoms. The maximum Gasteiger partial charge on any atom is 0.418 e. The van der Waals surface area contributed by atoms with E-state index in [9.17, 15) is 13.2 Å². The highest BCUT2D eigenvalue weighted by Crippen LogP contribution is 2.33. The molecule has 0 aliphatic carbocycles. The van der Waals surface area contributed by atoms with Gasteiger partial charge in [0.05, 0.1) is 11.1 Å². The normalized spacial score (nSPS) is 12.3. The van der Waals surface area contributed by atoms with E-state index in [1.54, 1.807) is 13.1 Å². The summed E-state index contributed by atoms with van der Waals surface area (Å²) in [6, 6.07) is 3.89. The molecule has 2 rings (SSSR count). The first kappa shape index (κ1) is 8.98. The molecule has 1 aromatic heterocycles. The number of hydrogen-bond acceptors (Lipinski definition) is 2. The van der Waals surface area contributed by atoms with E-state index in [1.165, 1.54) is 10.7 Å². The van der Waals surface area contributed by atoms with Crippen LogP contribution in [0.15, 0.2) is 18.2 Å². The summed E-state index contributed by atoms with van der Waals surface area (Å²) in [5, 5.41) is 7.01. The lowest BCUT2D eigenvalue weighted by Crippen LogP contribution is -2.05. The van der Waals surface area contributed by atoms with Gasteiger partial charge in [0.15, 0.2) is 0 Å². The summed E-state index contributed by atoms with van der Waals surface area (Å²) in [4.78, 5) is 0. The van der Waals surface area contributed by atoms with Crippen molar-refractivity contribution in [1.82, 2.24) is 15.0 Å². The van der Waals surface area contributed by atoms with Gasteiger partial charge in [-0.25, -0.2) is 4.68 Å². The number of nitrogens with zero attached hydrogens (tertiary/aromatic N) is 3. The molecule has 14 heavy (non-hydrogen) atoms. The van der Waals surface area contributed by atoms with Crippen LogP contribution in [0.5, 0.6) is 0 Å². The third-order valence-corrected chi connectivity index (χ3v) is 1.95. The Labute approximate surface area is 77.1 Å². The molecule has 1 heterocycles. The van der Waals surface area contributed by atoms with Gasteiger partial charge in [-0.1, -0.05) is 11.3 Å². The van der Waals surface area contributed by atoms with Gasteiger partial charge < -0.3 is 0 Å². The summed E-state index contributed by atoms with van der Waals surface area (Å²) in [6.45, 7) is 0. The van der Waals surface area contributed by atoms with Gasteiger partial charge >= 0.3 is 6.18 Å². The monoisotopic (exact) mass is 201 g/mol. The molecule has 3 nitrogen and oxygen atoms in total. The predicted octanol–water partition coefficient (Wildman–Crippen LogP) is 1.99. The Hall–Kier alpha value is -1.59. The minimum atomic E-state index is -4.38. The van der Waals surface area contributed by atoms with Crippen LogP contribution in [0.1, 0.15) is 5.56 Å². The van der Waals surface area contributed by atoms with Crippen molar-refractivity contribution in [1.29, 1.82) is 0 Å². The molecule has 0 amide bonds. The zero-order chi connectivity index (χ0) is 10.3. The molecule has 0 radical (unpaired) electrons. The molecule has 0 saturated heterocycles. The second-order valence-corrected chi connectivity index (χ2v) is 2.88. The van der Waals surface area contributed by atoms with Crippen LogP contribution in [0.2, 0.25) is 0 Å². The van der Waals surface area contributed by atoms with Crippen LogP contribution >= 0.6 is 0 Å². The molecular weight excluding hydrogens is 195 g/mol. The van der Waals surface area contributed by atoms with Gasteiger partial charge in [0.2, 0.25) is 0 Å². The first-order chi connectivity index (χ1) is 6.50. The quantitative estimate of drug-likeness (QED) is 0.652. The van der Waals surface area contributed by atoms with E-state index in [4.69, 9.17) is 0 Å². The van der Waals surface area contributed by atoms with E-state index in [0.717, 1.165) is 6.07 Å². The summed E-state index contributed by atoms with van der Waals surface area (Å²) in [5.41, 5.74) is -0.481. The van der Waals surface area contributed by atoms with E-state index in [0.29, 0.717) is 5.52 Å². The SMILES string of the molecule is Cn1nnc2c(C(F)(F)F)cccc21. The Bertz CT molecular complexity index is 472. The number of rotatable bonds is 0. The maximum atomic E-state index is 12.5. The fraction of sp³-hybridized carbons (Fsp3) is 0.250. The van der Waals surface area contributed by atoms with Crippen LogP contribution in [-0.4, -0.2) is 15.0 Å². The second kappa shape index (κ2) is 2.70. The van der Waals surface area contributed by atoms with Gasteiger partial charge in [-0.2, -0.15) is 13.2 Å². The van der Waals surface area contributed by atoms with Crippen molar-refractivity contribution in [3.8, 4) is 0 Å². The van der Waals surface area contributed by atoms with Crippen molar-refractivity contribution in [2.75, 3.05) is 0 Å². The summed E-state index contributed by atoms with van der Waals surface area (Å²) in [6.07, 6.45) is -4.38. The Kier molecular flexibility index (Phi) is 1.73. The van der Waals surface area contributed by atoms with E-state index < -0.39 is 11.7 Å². The molecule has 0 fully saturated rings. The molecule has 0 bridgehead atoms. The van der Waals surface area contributed by atoms with Crippen LogP contribution in [0.3, 0.4) is 0 Å². The van der Waals surface area contributed by atoms with Crippen LogP contribution in [0, 0.1) is 0 Å². The standard InChI is InChI=1S/C8H6F3N3/c1-14-6-4-2-3-5(8(9,10)11)7(6)12-13-14/h2-4H,1H3. The number of aromatic nitrogens is 3. The van der Waals surface area contributed by atoms with Crippen molar-refractivity contribution >= 4 is 11.0 Å². The molecule has 0 aliphatic rings. The van der Waals surface area contributed by atoms with Gasteiger partial charge in [0.25, 0.3) is 0 Å². The van der Waals surface area contributed by atoms with E-state index in [1.807, 2.05) is 0 Å². The molecule has 0 unspecified atom stereocenters. The highest BCUT2D eigenvalue weighted by molar-refractivity contribution is 5.78. The fourth-order valence-electron chi connectivity index (χ4n) is 1.29. The smallest absolute Gasteiger partial charge is 0.248 e. The second-order valence-electron chi connectivity index (χ2n) is 2.88. The van der Waals surface area contributed by atoms with Crippen LogP contribution < -0.4 is 0 Å². The fourth-order valence-corrected chi connectivity index (χ4v) is 1.29. The Morgan fingerprint density at radius 2 is 2.00 bits per heavy atom. The number of fused-ring (bicyclic) bond motifs is 1. The average Bonchev–Trinajstić information content (AvgIpc) is 2.46. The Morgan fingerprint density at radius 1 is 1.29 bits per heavy atom. The molecule has 0 atom stereocenters. The van der Waals surface area contributed by atoms with Gasteiger partial charge in [-0.3, -0.25) is 0 Å². The van der Waals surface area contributed by atoms with Crippen molar-refractivity contribution in [3.63, 3.8) is 0 Å². The van der Waals surface area contributed by atoms with Gasteiger partial charge in [-0.15, -0.1) is 5.10 Å². The molecule has 0 aliphatic heterocycles. The molecule has 0 N–H and O–H groups in total. The molecule has 0 saturated carbocycles. The topological polar surface area (TPSA) is 30.7 Å². The Balaban J connectivity index is 2.79. The lowest BCUT2D eigenvalue weighted by Gasteiger charge is -2.05. The van der Waals surface area contributed by atoms with Crippen molar-refractivity contribution < 1.29 is 13.2 Å². The van der Waals surface area contributed by atoms with Gasteiger partial charge in [-0.05, 0) is 12.1 Å². The maximum absolute atomic E-state index is 12.5. The lowest BCUT2D eigenvalue weighted by atomic mass is 10.2. The minimum absolute atomic E-state index is 0.109.